The smallest absolute Gasteiger partial charge is 0.418 e. The molecule has 0 atom stereocenters. The highest BCUT2D eigenvalue weighted by atomic mass is 19.4. The second-order valence-corrected chi connectivity index (χ2v) is 4.66. The molecule has 2 aromatic carbocycles. The van der Waals surface area contributed by atoms with E-state index in [1.165, 1.54) is 25.3 Å². The molecule has 3 rings (SSSR count). The Bertz CT molecular complexity index is 894. The Morgan fingerprint density at radius 3 is 2.55 bits per heavy atom. The predicted molar refractivity (Wildman–Crippen MR) is 75.4 cm³/mol. The number of rotatable bonds is 2. The van der Waals surface area contributed by atoms with E-state index in [1.54, 1.807) is 18.2 Å². The molecule has 7 heteroatoms. The number of nitrogens with zero attached hydrogens (tertiary/aromatic N) is 1. The largest absolute Gasteiger partial charge is 0.497 e. The first-order valence-corrected chi connectivity index (χ1v) is 6.37. The van der Waals surface area contributed by atoms with E-state index in [4.69, 9.17) is 4.74 Å². The van der Waals surface area contributed by atoms with E-state index in [0.29, 0.717) is 16.8 Å². The molecule has 0 bridgehead atoms. The Morgan fingerprint density at radius 2 is 1.86 bits per heavy atom. The van der Waals surface area contributed by atoms with Crippen molar-refractivity contribution in [1.82, 2.24) is 9.55 Å². The molecule has 0 aliphatic rings. The average molecular weight is 308 g/mol. The molecule has 0 saturated carbocycles. The highest BCUT2D eigenvalue weighted by Gasteiger charge is 2.34. The molecule has 1 N–H and O–H groups in total. The number of ether oxygens (including phenoxy) is 1. The third-order valence-electron chi connectivity index (χ3n) is 3.34. The fourth-order valence-electron chi connectivity index (χ4n) is 2.37. The maximum Gasteiger partial charge on any atom is 0.418 e. The fraction of sp³-hybridized carbons (Fsp3) is 0.133. The molecule has 0 spiro atoms. The van der Waals surface area contributed by atoms with Gasteiger partial charge in [0.1, 0.15) is 5.75 Å². The maximum atomic E-state index is 13.1. The molecule has 22 heavy (non-hydrogen) atoms. The van der Waals surface area contributed by atoms with E-state index in [0.717, 1.165) is 10.6 Å². The summed E-state index contributed by atoms with van der Waals surface area (Å²) in [6, 6.07) is 9.64. The Hall–Kier alpha value is -2.70. The van der Waals surface area contributed by atoms with Crippen LogP contribution in [0, 0.1) is 0 Å². The van der Waals surface area contributed by atoms with Crippen LogP contribution in [0.3, 0.4) is 0 Å². The van der Waals surface area contributed by atoms with Gasteiger partial charge in [-0.3, -0.25) is 4.57 Å². The van der Waals surface area contributed by atoms with Crippen LogP contribution in [0.1, 0.15) is 5.56 Å². The van der Waals surface area contributed by atoms with Crippen molar-refractivity contribution in [2.75, 3.05) is 7.11 Å². The Balaban J connectivity index is 2.32. The average Bonchev–Trinajstić information content (AvgIpc) is 2.81. The number of aromatic nitrogens is 2. The second-order valence-electron chi connectivity index (χ2n) is 4.66. The van der Waals surface area contributed by atoms with Crippen molar-refractivity contribution in [3.63, 3.8) is 0 Å². The highest BCUT2D eigenvalue weighted by Crippen LogP contribution is 2.34. The number of hydrogen-bond acceptors (Lipinski definition) is 2. The van der Waals surface area contributed by atoms with Crippen LogP contribution in [0.5, 0.6) is 5.75 Å². The summed E-state index contributed by atoms with van der Waals surface area (Å²) < 4.78 is 45.5. The Morgan fingerprint density at radius 1 is 1.14 bits per heavy atom. The maximum absolute atomic E-state index is 13.1. The molecule has 0 saturated heterocycles. The van der Waals surface area contributed by atoms with Gasteiger partial charge in [0.2, 0.25) is 0 Å². The van der Waals surface area contributed by atoms with E-state index in [9.17, 15) is 18.0 Å². The lowest BCUT2D eigenvalue weighted by atomic mass is 10.1. The summed E-state index contributed by atoms with van der Waals surface area (Å²) in [4.78, 5) is 14.7. The standard InChI is InChI=1S/C15H11F3N2O2/c1-22-9-6-7-13-11(8-9)19-14(21)20(13)12-5-3-2-4-10(12)15(16,17)18/h2-8H,1H3,(H,19,21). The molecule has 0 radical (unpaired) electrons. The minimum atomic E-state index is -4.55. The zero-order chi connectivity index (χ0) is 15.9. The molecule has 3 aromatic rings. The number of benzene rings is 2. The summed E-state index contributed by atoms with van der Waals surface area (Å²) in [5.41, 5.74) is -0.964. The summed E-state index contributed by atoms with van der Waals surface area (Å²) in [5.74, 6) is 0.505. The van der Waals surface area contributed by atoms with Crippen LogP contribution in [0.25, 0.3) is 16.7 Å². The van der Waals surface area contributed by atoms with Crippen LogP contribution in [-0.2, 0) is 6.18 Å². The second kappa shape index (κ2) is 4.94. The number of H-pyrrole nitrogens is 1. The van der Waals surface area contributed by atoms with E-state index in [2.05, 4.69) is 4.98 Å². The number of nitrogens with one attached hydrogen (secondary N) is 1. The SMILES string of the molecule is COc1ccc2c(c1)[nH]c(=O)n2-c1ccccc1C(F)(F)F. The fourth-order valence-corrected chi connectivity index (χ4v) is 2.37. The van der Waals surface area contributed by atoms with E-state index >= 15 is 0 Å². The predicted octanol–water partition coefficient (Wildman–Crippen LogP) is 3.35. The van der Waals surface area contributed by atoms with Crippen LogP contribution >= 0.6 is 0 Å². The number of fused-ring (bicyclic) bond motifs is 1. The van der Waals surface area contributed by atoms with Crippen molar-refractivity contribution in [1.29, 1.82) is 0 Å². The summed E-state index contributed by atoms with van der Waals surface area (Å²) in [5, 5.41) is 0. The van der Waals surface area contributed by atoms with Gasteiger partial charge in [0.25, 0.3) is 0 Å². The molecular formula is C15H11F3N2O2. The monoisotopic (exact) mass is 308 g/mol. The Kier molecular flexibility index (Phi) is 3.20. The number of methoxy groups -OCH3 is 1. The zero-order valence-corrected chi connectivity index (χ0v) is 11.4. The third-order valence-corrected chi connectivity index (χ3v) is 3.34. The first kappa shape index (κ1) is 14.2. The van der Waals surface area contributed by atoms with Gasteiger partial charge in [0, 0.05) is 6.07 Å². The van der Waals surface area contributed by atoms with Crippen LogP contribution in [0.4, 0.5) is 13.2 Å². The van der Waals surface area contributed by atoms with Gasteiger partial charge < -0.3 is 9.72 Å². The van der Waals surface area contributed by atoms with E-state index in [-0.39, 0.29) is 5.69 Å². The molecule has 0 amide bonds. The zero-order valence-electron chi connectivity index (χ0n) is 11.4. The number of imidazole rings is 1. The number of hydrogen-bond donors (Lipinski definition) is 1. The van der Waals surface area contributed by atoms with Gasteiger partial charge in [-0.1, -0.05) is 12.1 Å². The first-order chi connectivity index (χ1) is 10.4. The van der Waals surface area contributed by atoms with Crippen LogP contribution in [0.2, 0.25) is 0 Å². The topological polar surface area (TPSA) is 47.0 Å². The minimum Gasteiger partial charge on any atom is -0.497 e. The molecule has 0 aliphatic heterocycles. The molecule has 0 unspecified atom stereocenters. The third kappa shape index (κ3) is 2.24. The molecule has 1 aromatic heterocycles. The van der Waals surface area contributed by atoms with Gasteiger partial charge in [-0.25, -0.2) is 4.79 Å². The van der Waals surface area contributed by atoms with E-state index < -0.39 is 17.4 Å². The minimum absolute atomic E-state index is 0.212. The molecule has 0 fully saturated rings. The van der Waals surface area contributed by atoms with Crippen molar-refractivity contribution in [3.8, 4) is 11.4 Å². The van der Waals surface area contributed by atoms with Crippen molar-refractivity contribution in [2.45, 2.75) is 6.18 Å². The molecular weight excluding hydrogens is 297 g/mol. The van der Waals surface area contributed by atoms with Crippen molar-refractivity contribution >= 4 is 11.0 Å². The van der Waals surface area contributed by atoms with Gasteiger partial charge >= 0.3 is 11.9 Å². The normalized spacial score (nSPS) is 11.8. The molecule has 4 nitrogen and oxygen atoms in total. The van der Waals surface area contributed by atoms with Crippen molar-refractivity contribution in [3.05, 3.63) is 58.5 Å². The first-order valence-electron chi connectivity index (χ1n) is 6.37. The highest BCUT2D eigenvalue weighted by molar-refractivity contribution is 5.79. The van der Waals surface area contributed by atoms with Crippen molar-refractivity contribution < 1.29 is 17.9 Å². The number of alkyl halides is 3. The number of aromatic amines is 1. The Labute approximate surface area is 122 Å². The number of para-hydroxylation sites is 1. The lowest BCUT2D eigenvalue weighted by molar-refractivity contribution is -0.137. The summed E-state index contributed by atoms with van der Waals surface area (Å²) >= 11 is 0. The number of halogens is 3. The van der Waals surface area contributed by atoms with Crippen LogP contribution in [-0.4, -0.2) is 16.7 Å². The van der Waals surface area contributed by atoms with E-state index in [1.807, 2.05) is 0 Å². The quantitative estimate of drug-likeness (QED) is 0.789. The van der Waals surface area contributed by atoms with Gasteiger partial charge in [0.05, 0.1) is 29.4 Å². The van der Waals surface area contributed by atoms with Gasteiger partial charge in [0.15, 0.2) is 0 Å². The molecule has 0 aliphatic carbocycles. The summed E-state index contributed by atoms with van der Waals surface area (Å²) in [6.45, 7) is 0. The summed E-state index contributed by atoms with van der Waals surface area (Å²) in [6.07, 6.45) is -4.55. The summed E-state index contributed by atoms with van der Waals surface area (Å²) in [7, 11) is 1.47. The van der Waals surface area contributed by atoms with Crippen LogP contribution in [0.15, 0.2) is 47.3 Å². The molecule has 114 valence electrons. The lowest BCUT2D eigenvalue weighted by Crippen LogP contribution is -2.19. The van der Waals surface area contributed by atoms with Crippen LogP contribution < -0.4 is 10.4 Å². The van der Waals surface area contributed by atoms with Gasteiger partial charge in [-0.2, -0.15) is 13.2 Å². The van der Waals surface area contributed by atoms with Crippen molar-refractivity contribution in [2.24, 2.45) is 0 Å². The molecule has 1 heterocycles. The van der Waals surface area contributed by atoms with Gasteiger partial charge in [-0.15, -0.1) is 0 Å². The lowest BCUT2D eigenvalue weighted by Gasteiger charge is -2.13. The van der Waals surface area contributed by atoms with Gasteiger partial charge in [-0.05, 0) is 24.3 Å².